The number of hydrazone groups is 1. The molecule has 1 heterocycles. The Morgan fingerprint density at radius 3 is 2.65 bits per heavy atom. The summed E-state index contributed by atoms with van der Waals surface area (Å²) in [5.74, 6) is -0.419. The van der Waals surface area contributed by atoms with Crippen LogP contribution in [-0.4, -0.2) is 25.1 Å². The maximum absolute atomic E-state index is 11.8. The number of nitrogens with zero attached hydrogens (tertiary/aromatic N) is 1. The number of nitrogens with one attached hydrogen (secondary N) is 2. The molecule has 160 valence electrons. The molecule has 0 bridgehead atoms. The van der Waals surface area contributed by atoms with Crippen molar-refractivity contribution in [2.75, 3.05) is 7.11 Å². The number of furan rings is 1. The highest BCUT2D eigenvalue weighted by Crippen LogP contribution is 2.36. The Kier molecular flexibility index (Phi) is 7.67. The van der Waals surface area contributed by atoms with Gasteiger partial charge >= 0.3 is 11.8 Å². The molecule has 9 heteroatoms. The zero-order valence-corrected chi connectivity index (χ0v) is 17.4. The van der Waals surface area contributed by atoms with Gasteiger partial charge in [0, 0.05) is 0 Å². The number of methoxy groups -OCH3 is 1. The molecule has 0 unspecified atom stereocenters. The van der Waals surface area contributed by atoms with Crippen LogP contribution in [0.5, 0.6) is 11.5 Å². The Morgan fingerprint density at radius 1 is 1.13 bits per heavy atom. The minimum atomic E-state index is -0.913. The number of amides is 2. The van der Waals surface area contributed by atoms with Gasteiger partial charge in [0.15, 0.2) is 11.5 Å². The van der Waals surface area contributed by atoms with Gasteiger partial charge in [-0.15, -0.1) is 0 Å². The summed E-state index contributed by atoms with van der Waals surface area (Å²) in [5, 5.41) is 6.52. The van der Waals surface area contributed by atoms with Crippen LogP contribution in [-0.2, 0) is 22.7 Å². The third-order valence-electron chi connectivity index (χ3n) is 4.07. The van der Waals surface area contributed by atoms with Crippen LogP contribution in [0.3, 0.4) is 0 Å². The zero-order chi connectivity index (χ0) is 22.1. The minimum Gasteiger partial charge on any atom is -0.493 e. The second-order valence-electron chi connectivity index (χ2n) is 6.27. The lowest BCUT2D eigenvalue weighted by atomic mass is 10.2. The molecule has 0 fully saturated rings. The molecule has 0 aliphatic heterocycles. The first-order valence-corrected chi connectivity index (χ1v) is 9.62. The summed E-state index contributed by atoms with van der Waals surface area (Å²) in [6.07, 6.45) is 2.82. The van der Waals surface area contributed by atoms with E-state index < -0.39 is 11.8 Å². The molecule has 0 radical (unpaired) electrons. The summed E-state index contributed by atoms with van der Waals surface area (Å²) in [6, 6.07) is 16.3. The van der Waals surface area contributed by atoms with Gasteiger partial charge < -0.3 is 19.2 Å². The molecular formula is C22H20ClN3O5. The van der Waals surface area contributed by atoms with Crippen LogP contribution in [0, 0.1) is 0 Å². The van der Waals surface area contributed by atoms with Crippen LogP contribution in [0.1, 0.15) is 16.9 Å². The van der Waals surface area contributed by atoms with Gasteiger partial charge in [-0.25, -0.2) is 5.43 Å². The summed E-state index contributed by atoms with van der Waals surface area (Å²) < 4.78 is 16.2. The van der Waals surface area contributed by atoms with E-state index in [2.05, 4.69) is 15.8 Å². The Labute approximate surface area is 183 Å². The molecule has 8 nitrogen and oxygen atoms in total. The minimum absolute atomic E-state index is 0.0974. The van der Waals surface area contributed by atoms with Crippen LogP contribution >= 0.6 is 11.6 Å². The maximum Gasteiger partial charge on any atom is 0.329 e. The number of halogens is 1. The van der Waals surface area contributed by atoms with Gasteiger partial charge in [0.1, 0.15) is 12.4 Å². The fourth-order valence-corrected chi connectivity index (χ4v) is 2.83. The monoisotopic (exact) mass is 441 g/mol. The van der Waals surface area contributed by atoms with Gasteiger partial charge in [0.25, 0.3) is 0 Å². The van der Waals surface area contributed by atoms with Crippen LogP contribution < -0.4 is 20.2 Å². The lowest BCUT2D eigenvalue weighted by Gasteiger charge is -2.13. The Morgan fingerprint density at radius 2 is 1.94 bits per heavy atom. The first-order valence-electron chi connectivity index (χ1n) is 9.24. The van der Waals surface area contributed by atoms with Gasteiger partial charge in [-0.1, -0.05) is 41.9 Å². The number of hydrogen-bond donors (Lipinski definition) is 2. The van der Waals surface area contributed by atoms with Crippen molar-refractivity contribution >= 4 is 29.6 Å². The number of benzene rings is 2. The fourth-order valence-electron chi connectivity index (χ4n) is 2.56. The van der Waals surface area contributed by atoms with Crippen LogP contribution in [0.25, 0.3) is 0 Å². The summed E-state index contributed by atoms with van der Waals surface area (Å²) in [4.78, 5) is 23.6. The number of ether oxygens (including phenoxy) is 2. The zero-order valence-electron chi connectivity index (χ0n) is 16.6. The number of carbonyl (C=O) groups is 2. The lowest BCUT2D eigenvalue weighted by molar-refractivity contribution is -0.139. The highest BCUT2D eigenvalue weighted by Gasteiger charge is 2.14. The van der Waals surface area contributed by atoms with Gasteiger partial charge in [-0.05, 0) is 35.4 Å². The first kappa shape index (κ1) is 21.9. The maximum atomic E-state index is 11.8. The molecule has 2 aromatic carbocycles. The van der Waals surface area contributed by atoms with Crippen molar-refractivity contribution in [2.24, 2.45) is 5.10 Å². The molecule has 0 spiro atoms. The second kappa shape index (κ2) is 10.8. The van der Waals surface area contributed by atoms with Crippen molar-refractivity contribution < 1.29 is 23.5 Å². The van der Waals surface area contributed by atoms with Crippen molar-refractivity contribution in [3.8, 4) is 11.5 Å². The molecule has 0 saturated carbocycles. The van der Waals surface area contributed by atoms with Gasteiger partial charge in [-0.2, -0.15) is 5.10 Å². The molecule has 0 saturated heterocycles. The fraction of sp³-hybridized carbons (Fsp3) is 0.136. The van der Waals surface area contributed by atoms with E-state index in [1.165, 1.54) is 19.6 Å². The predicted octanol–water partition coefficient (Wildman–Crippen LogP) is 3.29. The van der Waals surface area contributed by atoms with E-state index in [1.54, 1.807) is 24.3 Å². The first-order chi connectivity index (χ1) is 15.1. The quantitative estimate of drug-likeness (QED) is 0.317. The standard InChI is InChI=1S/C22H20ClN3O5/c1-29-19-11-16(10-18(23)20(19)31-14-15-6-3-2-4-7-15)12-25-26-22(28)21(27)24-13-17-8-5-9-30-17/h2-12H,13-14H2,1H3,(H,24,27)(H,26,28)/b25-12-. The van der Waals surface area contributed by atoms with Gasteiger partial charge in [0.05, 0.1) is 31.2 Å². The summed E-state index contributed by atoms with van der Waals surface area (Å²) in [6.45, 7) is 0.424. The van der Waals surface area contributed by atoms with Crippen molar-refractivity contribution in [3.05, 3.63) is 82.8 Å². The normalized spacial score (nSPS) is 10.6. The number of rotatable bonds is 8. The van der Waals surface area contributed by atoms with Crippen molar-refractivity contribution in [1.29, 1.82) is 0 Å². The smallest absolute Gasteiger partial charge is 0.329 e. The molecular weight excluding hydrogens is 422 g/mol. The molecule has 0 aliphatic carbocycles. The largest absolute Gasteiger partial charge is 0.493 e. The Balaban J connectivity index is 1.58. The topological polar surface area (TPSA) is 102 Å². The molecule has 2 amide bonds. The molecule has 3 aromatic rings. The molecule has 1 aromatic heterocycles. The Bertz CT molecular complexity index is 1050. The molecule has 0 atom stereocenters. The van der Waals surface area contributed by atoms with E-state index >= 15 is 0 Å². The predicted molar refractivity (Wildman–Crippen MR) is 115 cm³/mol. The van der Waals surface area contributed by atoms with Gasteiger partial charge in [-0.3, -0.25) is 9.59 Å². The van der Waals surface area contributed by atoms with E-state index in [-0.39, 0.29) is 6.54 Å². The van der Waals surface area contributed by atoms with E-state index in [1.807, 2.05) is 30.3 Å². The lowest BCUT2D eigenvalue weighted by Crippen LogP contribution is -2.37. The average Bonchev–Trinajstić information content (AvgIpc) is 3.30. The SMILES string of the molecule is COc1cc(/C=N\NC(=O)C(=O)NCc2ccco2)cc(Cl)c1OCc1ccccc1. The van der Waals surface area contributed by atoms with E-state index in [4.69, 9.17) is 25.5 Å². The summed E-state index contributed by atoms with van der Waals surface area (Å²) in [5.41, 5.74) is 3.68. The summed E-state index contributed by atoms with van der Waals surface area (Å²) >= 11 is 6.33. The molecule has 3 rings (SSSR count). The van der Waals surface area contributed by atoms with Gasteiger partial charge in [0.2, 0.25) is 0 Å². The van der Waals surface area contributed by atoms with Crippen LogP contribution in [0.15, 0.2) is 70.4 Å². The number of carbonyl (C=O) groups excluding carboxylic acids is 2. The molecule has 31 heavy (non-hydrogen) atoms. The third-order valence-corrected chi connectivity index (χ3v) is 4.35. The number of hydrogen-bond acceptors (Lipinski definition) is 6. The van der Waals surface area contributed by atoms with Crippen LogP contribution in [0.4, 0.5) is 0 Å². The van der Waals surface area contributed by atoms with E-state index in [9.17, 15) is 9.59 Å². The van der Waals surface area contributed by atoms with Crippen molar-refractivity contribution in [3.63, 3.8) is 0 Å². The highest BCUT2D eigenvalue weighted by molar-refractivity contribution is 6.35. The highest BCUT2D eigenvalue weighted by atomic mass is 35.5. The third kappa shape index (κ3) is 6.35. The van der Waals surface area contributed by atoms with Crippen molar-refractivity contribution in [2.45, 2.75) is 13.2 Å². The molecule has 0 aliphatic rings. The van der Waals surface area contributed by atoms with E-state index in [0.29, 0.717) is 34.5 Å². The summed E-state index contributed by atoms with van der Waals surface area (Å²) in [7, 11) is 1.49. The van der Waals surface area contributed by atoms with Crippen LogP contribution in [0.2, 0.25) is 5.02 Å². The van der Waals surface area contributed by atoms with E-state index in [0.717, 1.165) is 5.56 Å². The Hall–Kier alpha value is -3.78. The average molecular weight is 442 g/mol. The van der Waals surface area contributed by atoms with Crippen molar-refractivity contribution in [1.82, 2.24) is 10.7 Å². The second-order valence-corrected chi connectivity index (χ2v) is 6.68. The molecule has 2 N–H and O–H groups in total.